The van der Waals surface area contributed by atoms with Crippen LogP contribution in [0.2, 0.25) is 0 Å². The lowest BCUT2D eigenvalue weighted by atomic mass is 10.1. The molecule has 5 heteroatoms. The number of fused-ring (bicyclic) bond motifs is 1. The van der Waals surface area contributed by atoms with E-state index < -0.39 is 5.60 Å². The van der Waals surface area contributed by atoms with E-state index in [1.807, 2.05) is 20.8 Å². The Bertz CT molecular complexity index is 610. The molecule has 0 N–H and O–H groups in total. The number of nitriles is 1. The van der Waals surface area contributed by atoms with Crippen molar-refractivity contribution in [3.63, 3.8) is 0 Å². The molecule has 2 aromatic heterocycles. The number of thiophene rings is 2. The average Bonchev–Trinajstić information content (AvgIpc) is 2.73. The fraction of sp³-hybridized carbons (Fsp3) is 0.333. The van der Waals surface area contributed by atoms with Crippen LogP contribution >= 0.6 is 22.7 Å². The van der Waals surface area contributed by atoms with E-state index in [9.17, 15) is 4.79 Å². The fourth-order valence-corrected chi connectivity index (χ4v) is 3.44. The summed E-state index contributed by atoms with van der Waals surface area (Å²) >= 11 is 2.95. The molecule has 0 fully saturated rings. The molecular weight excluding hydrogens is 254 g/mol. The Morgan fingerprint density at radius 2 is 2.00 bits per heavy atom. The molecule has 0 saturated carbocycles. The van der Waals surface area contributed by atoms with Gasteiger partial charge in [-0.3, -0.25) is 0 Å². The number of nitrogens with zero attached hydrogens (tertiary/aromatic N) is 1. The highest BCUT2D eigenvalue weighted by Crippen LogP contribution is 2.35. The molecule has 0 aliphatic heterocycles. The first-order valence-electron chi connectivity index (χ1n) is 5.04. The summed E-state index contributed by atoms with van der Waals surface area (Å²) in [5, 5.41) is 13.3. The van der Waals surface area contributed by atoms with Gasteiger partial charge in [0, 0.05) is 16.1 Å². The molecule has 2 heterocycles. The highest BCUT2D eigenvalue weighted by molar-refractivity contribution is 7.37. The van der Waals surface area contributed by atoms with E-state index in [-0.39, 0.29) is 5.97 Å². The van der Waals surface area contributed by atoms with Crippen molar-refractivity contribution in [1.29, 1.82) is 5.26 Å². The zero-order valence-electron chi connectivity index (χ0n) is 9.73. The van der Waals surface area contributed by atoms with Crippen molar-refractivity contribution in [3.05, 3.63) is 21.9 Å². The summed E-state index contributed by atoms with van der Waals surface area (Å²) in [6, 6.07) is 2.10. The van der Waals surface area contributed by atoms with Crippen LogP contribution in [0, 0.1) is 11.3 Å². The first kappa shape index (κ1) is 12.1. The zero-order chi connectivity index (χ0) is 12.6. The van der Waals surface area contributed by atoms with Crippen molar-refractivity contribution in [2.75, 3.05) is 0 Å². The Morgan fingerprint density at radius 3 is 2.59 bits per heavy atom. The van der Waals surface area contributed by atoms with E-state index in [1.165, 1.54) is 22.7 Å². The van der Waals surface area contributed by atoms with Crippen molar-refractivity contribution >= 4 is 38.0 Å². The third-order valence-corrected chi connectivity index (χ3v) is 4.17. The summed E-state index contributed by atoms with van der Waals surface area (Å²) < 4.78 is 6.31. The Balaban J connectivity index is 2.46. The van der Waals surface area contributed by atoms with Gasteiger partial charge in [0.2, 0.25) is 0 Å². The minimum absolute atomic E-state index is 0.362. The quantitative estimate of drug-likeness (QED) is 0.737. The monoisotopic (exact) mass is 265 g/mol. The average molecular weight is 265 g/mol. The first-order valence-corrected chi connectivity index (χ1v) is 6.80. The second-order valence-electron chi connectivity index (χ2n) is 4.57. The van der Waals surface area contributed by atoms with Gasteiger partial charge in [0.25, 0.3) is 0 Å². The SMILES string of the molecule is CC(C)(C)OC(=O)c1csc2scc(C#N)c12. The van der Waals surface area contributed by atoms with E-state index >= 15 is 0 Å². The molecule has 0 saturated heterocycles. The van der Waals surface area contributed by atoms with Gasteiger partial charge in [-0.1, -0.05) is 0 Å². The van der Waals surface area contributed by atoms with Crippen LogP contribution in [-0.2, 0) is 4.74 Å². The van der Waals surface area contributed by atoms with E-state index in [1.54, 1.807) is 10.8 Å². The van der Waals surface area contributed by atoms with Crippen LogP contribution in [0.5, 0.6) is 0 Å². The van der Waals surface area contributed by atoms with Gasteiger partial charge in [-0.15, -0.1) is 22.7 Å². The molecule has 88 valence electrons. The Morgan fingerprint density at radius 1 is 1.35 bits per heavy atom. The van der Waals surface area contributed by atoms with Crippen molar-refractivity contribution in [3.8, 4) is 6.07 Å². The van der Waals surface area contributed by atoms with Gasteiger partial charge in [-0.2, -0.15) is 5.26 Å². The minimum atomic E-state index is -0.520. The van der Waals surface area contributed by atoms with Gasteiger partial charge in [-0.05, 0) is 20.8 Å². The molecule has 0 amide bonds. The highest BCUT2D eigenvalue weighted by atomic mass is 32.2. The maximum absolute atomic E-state index is 12.0. The molecule has 0 atom stereocenters. The third-order valence-electron chi connectivity index (χ3n) is 2.05. The van der Waals surface area contributed by atoms with Crippen molar-refractivity contribution in [1.82, 2.24) is 0 Å². The predicted octanol–water partition coefficient (Wildman–Crippen LogP) is 3.79. The largest absolute Gasteiger partial charge is 0.456 e. The van der Waals surface area contributed by atoms with Crippen LogP contribution in [0.3, 0.4) is 0 Å². The van der Waals surface area contributed by atoms with Crippen LogP contribution in [0.1, 0.15) is 36.7 Å². The fourth-order valence-electron chi connectivity index (χ4n) is 1.42. The molecule has 0 aliphatic rings. The first-order chi connectivity index (χ1) is 7.92. The number of hydrogen-bond acceptors (Lipinski definition) is 5. The molecule has 0 radical (unpaired) electrons. The van der Waals surface area contributed by atoms with Crippen LogP contribution in [0.25, 0.3) is 9.40 Å². The third kappa shape index (κ3) is 2.33. The van der Waals surface area contributed by atoms with Gasteiger partial charge in [0.15, 0.2) is 0 Å². The molecule has 0 aliphatic carbocycles. The summed E-state index contributed by atoms with van der Waals surface area (Å²) in [6.45, 7) is 5.48. The molecule has 2 aromatic rings. The lowest BCUT2D eigenvalue weighted by Crippen LogP contribution is -2.23. The topological polar surface area (TPSA) is 50.1 Å². The normalized spacial score (nSPS) is 11.4. The number of ether oxygens (including phenoxy) is 1. The van der Waals surface area contributed by atoms with Gasteiger partial charge >= 0.3 is 5.97 Å². The van der Waals surface area contributed by atoms with Crippen molar-refractivity contribution in [2.24, 2.45) is 0 Å². The minimum Gasteiger partial charge on any atom is -0.456 e. The Hall–Kier alpha value is -1.38. The second kappa shape index (κ2) is 4.13. The standard InChI is InChI=1S/C12H11NO2S2/c1-12(2,3)15-10(14)8-6-17-11-9(8)7(4-13)5-16-11/h5-6H,1-3H3. The number of esters is 1. The summed E-state index contributed by atoms with van der Waals surface area (Å²) in [4.78, 5) is 12.0. The highest BCUT2D eigenvalue weighted by Gasteiger charge is 2.22. The Labute approximate surface area is 107 Å². The molecule has 0 unspecified atom stereocenters. The van der Waals surface area contributed by atoms with Crippen molar-refractivity contribution < 1.29 is 9.53 Å². The zero-order valence-corrected chi connectivity index (χ0v) is 11.4. The van der Waals surface area contributed by atoms with Crippen LogP contribution < -0.4 is 0 Å². The molecule has 17 heavy (non-hydrogen) atoms. The molecule has 0 spiro atoms. The summed E-state index contributed by atoms with van der Waals surface area (Å²) in [5.74, 6) is -0.362. The molecule has 3 nitrogen and oxygen atoms in total. The lowest BCUT2D eigenvalue weighted by Gasteiger charge is -2.19. The molecular formula is C12H11NO2S2. The summed E-state index contributed by atoms with van der Waals surface area (Å²) in [5.41, 5.74) is 0.526. The maximum atomic E-state index is 12.0. The van der Waals surface area contributed by atoms with E-state index in [2.05, 4.69) is 6.07 Å². The number of hydrogen-bond donors (Lipinski definition) is 0. The smallest absolute Gasteiger partial charge is 0.340 e. The van der Waals surface area contributed by atoms with Crippen molar-refractivity contribution in [2.45, 2.75) is 26.4 Å². The summed E-state index contributed by atoms with van der Waals surface area (Å²) in [7, 11) is 0. The van der Waals surface area contributed by atoms with Gasteiger partial charge in [0.1, 0.15) is 11.7 Å². The van der Waals surface area contributed by atoms with Gasteiger partial charge in [-0.25, -0.2) is 4.79 Å². The maximum Gasteiger partial charge on any atom is 0.340 e. The summed E-state index contributed by atoms with van der Waals surface area (Å²) in [6.07, 6.45) is 0. The van der Waals surface area contributed by atoms with Crippen LogP contribution in [-0.4, -0.2) is 11.6 Å². The molecule has 0 bridgehead atoms. The van der Waals surface area contributed by atoms with E-state index in [0.717, 1.165) is 9.40 Å². The molecule has 0 aromatic carbocycles. The van der Waals surface area contributed by atoms with Crippen LogP contribution in [0.15, 0.2) is 10.8 Å². The number of carbonyl (C=O) groups excluding carboxylic acids is 1. The van der Waals surface area contributed by atoms with Crippen LogP contribution in [0.4, 0.5) is 0 Å². The second-order valence-corrected chi connectivity index (χ2v) is 6.59. The van der Waals surface area contributed by atoms with Gasteiger partial charge < -0.3 is 4.74 Å². The van der Waals surface area contributed by atoms with Gasteiger partial charge in [0.05, 0.1) is 15.1 Å². The van der Waals surface area contributed by atoms with E-state index in [0.29, 0.717) is 11.1 Å². The lowest BCUT2D eigenvalue weighted by molar-refractivity contribution is 0.00724. The predicted molar refractivity (Wildman–Crippen MR) is 69.6 cm³/mol. The number of rotatable bonds is 1. The Kier molecular flexibility index (Phi) is 2.94. The molecule has 2 rings (SSSR count). The number of carbonyl (C=O) groups is 1. The van der Waals surface area contributed by atoms with E-state index in [4.69, 9.17) is 10.00 Å².